The zero-order chi connectivity index (χ0) is 18.8. The van der Waals surface area contributed by atoms with Crippen LogP contribution in [0.3, 0.4) is 0 Å². The Morgan fingerprint density at radius 1 is 1.23 bits per heavy atom. The first kappa shape index (κ1) is 19.6. The van der Waals surface area contributed by atoms with Gasteiger partial charge >= 0.3 is 0 Å². The minimum atomic E-state index is 0.356. The van der Waals surface area contributed by atoms with E-state index in [0.717, 1.165) is 35.9 Å². The third-order valence-electron chi connectivity index (χ3n) is 3.75. The second-order valence-electron chi connectivity index (χ2n) is 6.11. The zero-order valence-corrected chi connectivity index (χ0v) is 15.9. The topological polar surface area (TPSA) is 80.9 Å². The summed E-state index contributed by atoms with van der Waals surface area (Å²) < 4.78 is 16.2. The maximum Gasteiger partial charge on any atom is 0.191 e. The van der Waals surface area contributed by atoms with Crippen molar-refractivity contribution in [3.05, 3.63) is 41.8 Å². The lowest BCUT2D eigenvalue weighted by Gasteiger charge is -2.11. The van der Waals surface area contributed by atoms with E-state index in [-0.39, 0.29) is 0 Å². The molecule has 0 aliphatic heterocycles. The minimum Gasteiger partial charge on any atom is -0.497 e. The van der Waals surface area contributed by atoms with E-state index in [1.165, 1.54) is 0 Å². The molecule has 7 nitrogen and oxygen atoms in total. The second-order valence-corrected chi connectivity index (χ2v) is 6.11. The Morgan fingerprint density at radius 2 is 2.04 bits per heavy atom. The van der Waals surface area contributed by atoms with Gasteiger partial charge in [0.1, 0.15) is 11.5 Å². The van der Waals surface area contributed by atoms with Crippen LogP contribution in [0.2, 0.25) is 0 Å². The monoisotopic (exact) mass is 360 g/mol. The Bertz CT molecular complexity index is 698. The number of aliphatic imine (C=N–C) groups is 1. The third-order valence-corrected chi connectivity index (χ3v) is 3.75. The van der Waals surface area contributed by atoms with Crippen LogP contribution in [0, 0.1) is 0 Å². The Kier molecular flexibility index (Phi) is 7.79. The van der Waals surface area contributed by atoms with Gasteiger partial charge < -0.3 is 24.6 Å². The highest BCUT2D eigenvalue weighted by Gasteiger charge is 2.08. The molecule has 26 heavy (non-hydrogen) atoms. The predicted octanol–water partition coefficient (Wildman–Crippen LogP) is 2.94. The third kappa shape index (κ3) is 6.31. The van der Waals surface area contributed by atoms with Crippen molar-refractivity contribution in [1.82, 2.24) is 15.8 Å². The van der Waals surface area contributed by atoms with Crippen LogP contribution in [0.1, 0.15) is 37.6 Å². The molecule has 0 spiro atoms. The van der Waals surface area contributed by atoms with Crippen molar-refractivity contribution < 1.29 is 14.0 Å². The van der Waals surface area contributed by atoms with Crippen molar-refractivity contribution >= 4 is 5.96 Å². The summed E-state index contributed by atoms with van der Waals surface area (Å²) in [6.07, 6.45) is 0.845. The number of ether oxygens (including phenoxy) is 2. The van der Waals surface area contributed by atoms with Crippen LogP contribution in [0.4, 0.5) is 0 Å². The van der Waals surface area contributed by atoms with Crippen LogP contribution in [0.15, 0.2) is 39.8 Å². The van der Waals surface area contributed by atoms with Crippen molar-refractivity contribution in [2.75, 3.05) is 27.3 Å². The van der Waals surface area contributed by atoms with Crippen molar-refractivity contribution in [1.29, 1.82) is 0 Å². The van der Waals surface area contributed by atoms with Gasteiger partial charge in [-0.3, -0.25) is 4.99 Å². The van der Waals surface area contributed by atoms with Crippen LogP contribution in [0.25, 0.3) is 0 Å². The van der Waals surface area contributed by atoms with Gasteiger partial charge in [-0.1, -0.05) is 25.1 Å². The highest BCUT2D eigenvalue weighted by atomic mass is 16.5. The van der Waals surface area contributed by atoms with E-state index >= 15 is 0 Å². The first-order chi connectivity index (χ1) is 12.6. The molecular weight excluding hydrogens is 332 g/mol. The molecule has 142 valence electrons. The molecule has 2 rings (SSSR count). The summed E-state index contributed by atoms with van der Waals surface area (Å²) in [5, 5.41) is 10.5. The molecule has 1 aromatic carbocycles. The van der Waals surface area contributed by atoms with Crippen LogP contribution in [0.5, 0.6) is 11.5 Å². The largest absolute Gasteiger partial charge is 0.497 e. The van der Waals surface area contributed by atoms with Gasteiger partial charge in [0.2, 0.25) is 0 Å². The molecule has 0 bridgehead atoms. The summed E-state index contributed by atoms with van der Waals surface area (Å²) in [6, 6.07) is 9.55. The second kappa shape index (κ2) is 10.3. The number of nitrogens with zero attached hydrogens (tertiary/aromatic N) is 2. The molecule has 0 aliphatic carbocycles. The smallest absolute Gasteiger partial charge is 0.191 e. The number of rotatable bonds is 9. The molecule has 2 N–H and O–H groups in total. The highest BCUT2D eigenvalue weighted by molar-refractivity contribution is 5.79. The fourth-order valence-corrected chi connectivity index (χ4v) is 2.24. The summed E-state index contributed by atoms with van der Waals surface area (Å²) in [6.45, 7) is 6.07. The Morgan fingerprint density at radius 3 is 2.73 bits per heavy atom. The van der Waals surface area contributed by atoms with Gasteiger partial charge in [-0.05, 0) is 24.5 Å². The van der Waals surface area contributed by atoms with Gasteiger partial charge in [0.05, 0.1) is 26.0 Å². The SMILES string of the molecule is CN=C(NCCCOc1cccc(OC)c1)NCc1cc(C(C)C)no1. The quantitative estimate of drug-likeness (QED) is 0.407. The molecule has 0 atom stereocenters. The van der Waals surface area contributed by atoms with Crippen molar-refractivity contribution in [2.45, 2.75) is 32.7 Å². The van der Waals surface area contributed by atoms with Gasteiger partial charge in [0.25, 0.3) is 0 Å². The summed E-state index contributed by atoms with van der Waals surface area (Å²) in [7, 11) is 3.38. The lowest BCUT2D eigenvalue weighted by atomic mass is 10.1. The van der Waals surface area contributed by atoms with Crippen molar-refractivity contribution in [3.8, 4) is 11.5 Å². The molecule has 7 heteroatoms. The Balaban J connectivity index is 1.65. The fraction of sp³-hybridized carbons (Fsp3) is 0.474. The molecular formula is C19H28N4O3. The number of benzene rings is 1. The standard InChI is InChI=1S/C19H28N4O3/c1-14(2)18-12-17(26-23-18)13-22-19(20-3)21-9-6-10-25-16-8-5-7-15(11-16)24-4/h5,7-8,11-12,14H,6,9-10,13H2,1-4H3,(H2,20,21,22). The van der Waals surface area contributed by atoms with Crippen molar-refractivity contribution in [2.24, 2.45) is 4.99 Å². The first-order valence-corrected chi connectivity index (χ1v) is 8.79. The van der Waals surface area contributed by atoms with Gasteiger partial charge in [0.15, 0.2) is 11.7 Å². The maximum atomic E-state index is 5.71. The average molecular weight is 360 g/mol. The van der Waals surface area contributed by atoms with Gasteiger partial charge in [-0.2, -0.15) is 0 Å². The Hall–Kier alpha value is -2.70. The Labute approximate surface area is 154 Å². The van der Waals surface area contributed by atoms with E-state index in [2.05, 4.69) is 34.6 Å². The fourth-order valence-electron chi connectivity index (χ4n) is 2.24. The number of guanidine groups is 1. The highest BCUT2D eigenvalue weighted by Crippen LogP contribution is 2.18. The van der Waals surface area contributed by atoms with Crippen LogP contribution < -0.4 is 20.1 Å². The van der Waals surface area contributed by atoms with E-state index < -0.39 is 0 Å². The van der Waals surface area contributed by atoms with Gasteiger partial charge in [0, 0.05) is 25.7 Å². The predicted molar refractivity (Wildman–Crippen MR) is 102 cm³/mol. The van der Waals surface area contributed by atoms with E-state index in [0.29, 0.717) is 25.0 Å². The lowest BCUT2D eigenvalue weighted by Crippen LogP contribution is -2.37. The molecule has 2 aromatic rings. The lowest BCUT2D eigenvalue weighted by molar-refractivity contribution is 0.308. The summed E-state index contributed by atoms with van der Waals surface area (Å²) in [5.74, 6) is 3.46. The van der Waals surface area contributed by atoms with Crippen LogP contribution >= 0.6 is 0 Å². The van der Waals surface area contributed by atoms with Crippen LogP contribution in [-0.4, -0.2) is 38.4 Å². The molecule has 1 heterocycles. The molecule has 0 fully saturated rings. The van der Waals surface area contributed by atoms with Crippen LogP contribution in [-0.2, 0) is 6.54 Å². The molecule has 0 radical (unpaired) electrons. The number of methoxy groups -OCH3 is 1. The van der Waals surface area contributed by atoms with E-state index in [1.54, 1.807) is 14.2 Å². The summed E-state index contributed by atoms with van der Waals surface area (Å²) >= 11 is 0. The number of hydrogen-bond donors (Lipinski definition) is 2. The summed E-state index contributed by atoms with van der Waals surface area (Å²) in [5.41, 5.74) is 0.958. The van der Waals surface area contributed by atoms with E-state index in [1.807, 2.05) is 30.3 Å². The molecule has 0 aliphatic rings. The number of hydrogen-bond acceptors (Lipinski definition) is 5. The summed E-state index contributed by atoms with van der Waals surface area (Å²) in [4.78, 5) is 4.20. The number of nitrogens with one attached hydrogen (secondary N) is 2. The first-order valence-electron chi connectivity index (χ1n) is 8.79. The van der Waals surface area contributed by atoms with Gasteiger partial charge in [-0.15, -0.1) is 0 Å². The molecule has 1 aromatic heterocycles. The maximum absolute atomic E-state index is 5.71. The molecule has 0 amide bonds. The van der Waals surface area contributed by atoms with Crippen molar-refractivity contribution in [3.63, 3.8) is 0 Å². The molecule has 0 saturated carbocycles. The number of aromatic nitrogens is 1. The average Bonchev–Trinajstić information content (AvgIpc) is 3.13. The molecule has 0 unspecified atom stereocenters. The molecule has 0 saturated heterocycles. The van der Waals surface area contributed by atoms with Gasteiger partial charge in [-0.25, -0.2) is 0 Å². The minimum absolute atomic E-state index is 0.356. The van der Waals surface area contributed by atoms with E-state index in [4.69, 9.17) is 14.0 Å². The normalized spacial score (nSPS) is 11.5. The zero-order valence-electron chi connectivity index (χ0n) is 15.9. The van der Waals surface area contributed by atoms with E-state index in [9.17, 15) is 0 Å².